The number of hydrogen-bond acceptors (Lipinski definition) is 5. The fourth-order valence-corrected chi connectivity index (χ4v) is 4.94. The Hall–Kier alpha value is -1.94. The third kappa shape index (κ3) is 9.84. The van der Waals surface area contributed by atoms with E-state index in [9.17, 15) is 14.8 Å². The number of phenolic OH excluding ortho intramolecular Hbond substituents is 2. The summed E-state index contributed by atoms with van der Waals surface area (Å²) in [7, 11) is -2.30. The minimum atomic E-state index is -2.30. The van der Waals surface area contributed by atoms with Crippen LogP contribution >= 0.6 is 8.25 Å². The molecule has 0 amide bonds. The van der Waals surface area contributed by atoms with Gasteiger partial charge in [-0.15, -0.1) is 9.05 Å². The summed E-state index contributed by atoms with van der Waals surface area (Å²) in [6, 6.07) is 7.85. The molecular formula is C30H46O5P+. The van der Waals surface area contributed by atoms with E-state index in [4.69, 9.17) is 9.05 Å². The van der Waals surface area contributed by atoms with Crippen LogP contribution in [0, 0.1) is 0 Å². The van der Waals surface area contributed by atoms with Crippen LogP contribution < -0.4 is 0 Å². The van der Waals surface area contributed by atoms with Gasteiger partial charge in [0, 0.05) is 4.57 Å². The summed E-state index contributed by atoms with van der Waals surface area (Å²) in [6.45, 7) is 8.89. The quantitative estimate of drug-likeness (QED) is 0.193. The lowest BCUT2D eigenvalue weighted by Gasteiger charge is -2.12. The van der Waals surface area contributed by atoms with Crippen molar-refractivity contribution in [3.8, 4) is 11.5 Å². The Labute approximate surface area is 219 Å². The fraction of sp³-hybridized carbons (Fsp3) is 0.600. The van der Waals surface area contributed by atoms with Crippen molar-refractivity contribution < 1.29 is 23.8 Å². The molecule has 0 aliphatic heterocycles. The Balaban J connectivity index is 2.05. The van der Waals surface area contributed by atoms with Crippen LogP contribution in [0.3, 0.4) is 0 Å². The zero-order chi connectivity index (χ0) is 26.3. The first kappa shape index (κ1) is 30.3. The molecule has 0 heterocycles. The predicted octanol–water partition coefficient (Wildman–Crippen LogP) is 8.86. The molecule has 6 heteroatoms. The van der Waals surface area contributed by atoms with Crippen LogP contribution in [0.25, 0.3) is 0 Å². The van der Waals surface area contributed by atoms with Gasteiger partial charge in [0.05, 0.1) is 0 Å². The number of hydrogen-bond donors (Lipinski definition) is 2. The minimum Gasteiger partial charge on any atom is -0.507 e. The average Bonchev–Trinajstić information content (AvgIpc) is 2.88. The number of aryl methyl sites for hydroxylation is 4. The van der Waals surface area contributed by atoms with E-state index in [1.807, 2.05) is 24.3 Å². The maximum Gasteiger partial charge on any atom is 0.698 e. The van der Waals surface area contributed by atoms with Crippen LogP contribution in [0.5, 0.6) is 11.5 Å². The highest BCUT2D eigenvalue weighted by Gasteiger charge is 2.22. The van der Waals surface area contributed by atoms with E-state index in [0.717, 1.165) is 110 Å². The first-order chi connectivity index (χ1) is 17.4. The van der Waals surface area contributed by atoms with E-state index in [-0.39, 0.29) is 13.2 Å². The maximum atomic E-state index is 12.6. The van der Waals surface area contributed by atoms with Gasteiger partial charge in [0.25, 0.3) is 0 Å². The van der Waals surface area contributed by atoms with E-state index in [1.165, 1.54) is 0 Å². The monoisotopic (exact) mass is 517 g/mol. The number of rotatable bonds is 18. The predicted molar refractivity (Wildman–Crippen MR) is 148 cm³/mol. The summed E-state index contributed by atoms with van der Waals surface area (Å²) < 4.78 is 23.7. The van der Waals surface area contributed by atoms with Gasteiger partial charge in [0.1, 0.15) is 24.7 Å². The highest BCUT2D eigenvalue weighted by atomic mass is 31.1. The van der Waals surface area contributed by atoms with Crippen molar-refractivity contribution in [2.45, 2.75) is 118 Å². The summed E-state index contributed by atoms with van der Waals surface area (Å²) >= 11 is 0. The highest BCUT2D eigenvalue weighted by Crippen LogP contribution is 2.33. The molecule has 0 aromatic heterocycles. The lowest BCUT2D eigenvalue weighted by Crippen LogP contribution is -1.99. The molecule has 0 atom stereocenters. The molecule has 0 aliphatic rings. The van der Waals surface area contributed by atoms with Crippen LogP contribution in [0.4, 0.5) is 0 Å². The molecule has 2 aromatic carbocycles. The van der Waals surface area contributed by atoms with Gasteiger partial charge in [0.2, 0.25) is 0 Å². The van der Waals surface area contributed by atoms with Crippen molar-refractivity contribution in [3.05, 3.63) is 57.6 Å². The Morgan fingerprint density at radius 3 is 1.11 bits per heavy atom. The molecule has 5 nitrogen and oxygen atoms in total. The molecule has 0 spiro atoms. The molecule has 0 unspecified atom stereocenters. The molecule has 0 radical (unpaired) electrons. The summed E-state index contributed by atoms with van der Waals surface area (Å²) in [6.07, 6.45) is 11.5. The third-order valence-electron chi connectivity index (χ3n) is 6.53. The van der Waals surface area contributed by atoms with E-state index >= 15 is 0 Å². The van der Waals surface area contributed by atoms with Gasteiger partial charge in [0.15, 0.2) is 0 Å². The third-order valence-corrected chi connectivity index (χ3v) is 7.21. The second kappa shape index (κ2) is 16.7. The van der Waals surface area contributed by atoms with Crippen LogP contribution in [-0.2, 0) is 52.5 Å². The Bertz CT molecular complexity index is 823. The number of benzene rings is 2. The van der Waals surface area contributed by atoms with Crippen molar-refractivity contribution in [2.24, 2.45) is 0 Å². The van der Waals surface area contributed by atoms with Crippen LogP contribution in [-0.4, -0.2) is 10.2 Å². The van der Waals surface area contributed by atoms with Crippen LogP contribution in [0.1, 0.15) is 112 Å². The second-order valence-corrected chi connectivity index (χ2v) is 10.7. The molecule has 2 rings (SSSR count). The average molecular weight is 518 g/mol. The SMILES string of the molecule is CCCCc1cc(CO[P+](=O)OCc2cc(CCCC)c(O)c(CCCC)c2)cc(CCCC)c1O. The smallest absolute Gasteiger partial charge is 0.507 e. The molecule has 0 fully saturated rings. The molecule has 200 valence electrons. The molecule has 0 aliphatic carbocycles. The van der Waals surface area contributed by atoms with Crippen molar-refractivity contribution >= 4 is 8.25 Å². The van der Waals surface area contributed by atoms with E-state index in [0.29, 0.717) is 11.5 Å². The molecule has 0 bridgehead atoms. The number of phenols is 2. The van der Waals surface area contributed by atoms with E-state index in [2.05, 4.69) is 27.7 Å². The van der Waals surface area contributed by atoms with Gasteiger partial charge >= 0.3 is 8.25 Å². The Kier molecular flexibility index (Phi) is 14.1. The highest BCUT2D eigenvalue weighted by molar-refractivity contribution is 7.33. The molecular weight excluding hydrogens is 471 g/mol. The van der Waals surface area contributed by atoms with Gasteiger partial charge < -0.3 is 10.2 Å². The molecule has 2 aromatic rings. The minimum absolute atomic E-state index is 0.173. The van der Waals surface area contributed by atoms with Crippen LogP contribution in [0.2, 0.25) is 0 Å². The van der Waals surface area contributed by atoms with E-state index in [1.54, 1.807) is 0 Å². The number of unbranched alkanes of at least 4 members (excludes halogenated alkanes) is 4. The molecule has 36 heavy (non-hydrogen) atoms. The largest absolute Gasteiger partial charge is 0.698 e. The Morgan fingerprint density at radius 2 is 0.861 bits per heavy atom. The zero-order valence-electron chi connectivity index (χ0n) is 22.8. The summed E-state index contributed by atoms with van der Waals surface area (Å²) in [4.78, 5) is 0. The molecule has 2 N–H and O–H groups in total. The topological polar surface area (TPSA) is 76.0 Å². The normalized spacial score (nSPS) is 11.2. The van der Waals surface area contributed by atoms with Crippen molar-refractivity contribution in [1.82, 2.24) is 0 Å². The van der Waals surface area contributed by atoms with Crippen molar-refractivity contribution in [2.75, 3.05) is 0 Å². The van der Waals surface area contributed by atoms with Gasteiger partial charge in [-0.3, -0.25) is 0 Å². The number of aromatic hydroxyl groups is 2. The molecule has 0 saturated carbocycles. The van der Waals surface area contributed by atoms with Crippen LogP contribution in [0.15, 0.2) is 24.3 Å². The van der Waals surface area contributed by atoms with Gasteiger partial charge in [-0.05, 0) is 109 Å². The fourth-order valence-electron chi connectivity index (χ4n) is 4.35. The van der Waals surface area contributed by atoms with Gasteiger partial charge in [-0.2, -0.15) is 0 Å². The zero-order valence-corrected chi connectivity index (χ0v) is 23.7. The summed E-state index contributed by atoms with van der Waals surface area (Å²) in [5.41, 5.74) is 5.55. The van der Waals surface area contributed by atoms with Gasteiger partial charge in [-0.25, -0.2) is 0 Å². The molecule has 0 saturated heterocycles. The van der Waals surface area contributed by atoms with Crippen molar-refractivity contribution in [3.63, 3.8) is 0 Å². The van der Waals surface area contributed by atoms with Gasteiger partial charge in [-0.1, -0.05) is 53.4 Å². The lowest BCUT2D eigenvalue weighted by atomic mass is 9.97. The first-order valence-electron chi connectivity index (χ1n) is 13.8. The first-order valence-corrected chi connectivity index (χ1v) is 14.9. The second-order valence-electron chi connectivity index (χ2n) is 9.71. The van der Waals surface area contributed by atoms with Crippen molar-refractivity contribution in [1.29, 1.82) is 0 Å². The standard InChI is InChI=1S/C30H45O5P/c1-5-9-13-25-17-23(18-26(29(25)31)14-10-6-2)21-34-36(33)35-22-24-19-27(15-11-7-3)30(32)28(20-24)16-12-8-4/h17-20H,5-16,21-22H2,1-4H3,(H-,31,32)/p+1. The summed E-state index contributed by atoms with van der Waals surface area (Å²) in [5, 5.41) is 21.4. The lowest BCUT2D eigenvalue weighted by molar-refractivity contribution is 0.212. The Morgan fingerprint density at radius 1 is 0.583 bits per heavy atom. The maximum absolute atomic E-state index is 12.6. The van der Waals surface area contributed by atoms with E-state index < -0.39 is 8.25 Å². The summed E-state index contributed by atoms with van der Waals surface area (Å²) in [5.74, 6) is 0.790.